The molecule has 212 valence electrons. The lowest BCUT2D eigenvalue weighted by atomic mass is 9.62. The van der Waals surface area contributed by atoms with E-state index in [1.807, 2.05) is 44.2 Å². The van der Waals surface area contributed by atoms with Crippen molar-refractivity contribution < 1.29 is 24.2 Å². The highest BCUT2D eigenvalue weighted by atomic mass is 16.5. The third-order valence-electron chi connectivity index (χ3n) is 9.17. The van der Waals surface area contributed by atoms with Gasteiger partial charge in [0.25, 0.3) is 0 Å². The maximum absolute atomic E-state index is 14.6. The highest BCUT2D eigenvalue weighted by molar-refractivity contribution is 5.99. The smallest absolute Gasteiger partial charge is 0.248 e. The first-order valence-electron chi connectivity index (χ1n) is 14.1. The van der Waals surface area contributed by atoms with E-state index in [1.165, 1.54) is 4.90 Å². The molecule has 3 heterocycles. The molecule has 1 N–H and O–H groups in total. The summed E-state index contributed by atoms with van der Waals surface area (Å²) in [6, 6.07) is 7.54. The number of nitrogens with zero attached hydrogens (tertiary/aromatic N) is 3. The van der Waals surface area contributed by atoms with E-state index in [9.17, 15) is 19.5 Å². The molecule has 0 saturated carbocycles. The molecule has 3 aliphatic heterocycles. The van der Waals surface area contributed by atoms with E-state index in [0.29, 0.717) is 26.1 Å². The maximum Gasteiger partial charge on any atom is 0.248 e. The van der Waals surface area contributed by atoms with Gasteiger partial charge in [0.05, 0.1) is 30.1 Å². The molecule has 8 heteroatoms. The van der Waals surface area contributed by atoms with Crippen LogP contribution in [0.1, 0.15) is 51.6 Å². The van der Waals surface area contributed by atoms with Crippen molar-refractivity contribution in [2.75, 3.05) is 33.3 Å². The fraction of sp³-hybridized carbons (Fsp3) is 0.581. The van der Waals surface area contributed by atoms with Crippen LogP contribution in [0.3, 0.4) is 0 Å². The number of carbonyl (C=O) groups excluding carboxylic acids is 3. The van der Waals surface area contributed by atoms with E-state index < -0.39 is 35.1 Å². The number of hydrogen-bond donors (Lipinski definition) is 1. The van der Waals surface area contributed by atoms with Crippen LogP contribution < -0.4 is 0 Å². The standard InChI is InChI=1S/C31H43N3O5/c1-7-10-18-33(17-9-3)29(38)26-31-19-21(4)30(5,39-31)24(27(36)32(6)16-8-2)25(31)28(37)34(26)23(20-35)22-14-12-11-13-15-22/h8-9,11-15,21,23-26,35H,2-3,7,10,16-20H2,1,4-6H3/t21?,23-,24+,25+,26?,30-,31?/m1/s1. The number of likely N-dealkylation sites (tertiary alicyclic amines) is 1. The average Bonchev–Trinajstić information content (AvgIpc) is 3.44. The van der Waals surface area contributed by atoms with Crippen molar-refractivity contribution >= 4 is 17.7 Å². The first-order valence-corrected chi connectivity index (χ1v) is 14.1. The van der Waals surface area contributed by atoms with Gasteiger partial charge in [-0.2, -0.15) is 0 Å². The van der Waals surface area contributed by atoms with Crippen LogP contribution in [0.25, 0.3) is 0 Å². The van der Waals surface area contributed by atoms with Crippen LogP contribution in [0.4, 0.5) is 0 Å². The Morgan fingerprint density at radius 3 is 2.46 bits per heavy atom. The molecule has 3 aliphatic rings. The van der Waals surface area contributed by atoms with E-state index in [4.69, 9.17) is 4.74 Å². The third-order valence-corrected chi connectivity index (χ3v) is 9.17. The molecule has 1 aromatic rings. The summed E-state index contributed by atoms with van der Waals surface area (Å²) in [5.41, 5.74) is -1.34. The molecule has 3 saturated heterocycles. The van der Waals surface area contributed by atoms with E-state index in [-0.39, 0.29) is 30.2 Å². The molecule has 8 nitrogen and oxygen atoms in total. The number of likely N-dealkylation sites (N-methyl/N-ethyl adjacent to an activating group) is 1. The first kappa shape index (κ1) is 29.0. The molecule has 0 aromatic heterocycles. The van der Waals surface area contributed by atoms with Crippen molar-refractivity contribution in [2.45, 2.75) is 63.3 Å². The topological polar surface area (TPSA) is 90.4 Å². The van der Waals surface area contributed by atoms with Crippen molar-refractivity contribution in [3.63, 3.8) is 0 Å². The summed E-state index contributed by atoms with van der Waals surface area (Å²) in [4.78, 5) is 47.8. The fourth-order valence-corrected chi connectivity index (χ4v) is 7.19. The van der Waals surface area contributed by atoms with Gasteiger partial charge in [0, 0.05) is 26.7 Å². The number of unbranched alkanes of at least 4 members (excludes halogenated alkanes) is 1. The van der Waals surface area contributed by atoms with Gasteiger partial charge in [0.2, 0.25) is 17.7 Å². The van der Waals surface area contributed by atoms with Crippen LogP contribution in [0, 0.1) is 17.8 Å². The molecule has 2 bridgehead atoms. The SMILES string of the molecule is C=CCN(C)C(=O)[C@@H]1[C@H]2C(=O)N([C@H](CO)c3ccccc3)C(C(=O)N(CC=C)CCCC)C23CC(C)[C@@]1(C)O3. The third kappa shape index (κ3) is 4.51. The van der Waals surface area contributed by atoms with E-state index in [1.54, 1.807) is 29.0 Å². The minimum Gasteiger partial charge on any atom is -0.394 e. The molecular weight excluding hydrogens is 494 g/mol. The summed E-state index contributed by atoms with van der Waals surface area (Å²) < 4.78 is 6.85. The molecule has 1 spiro atoms. The lowest BCUT2D eigenvalue weighted by Gasteiger charge is -2.39. The van der Waals surface area contributed by atoms with Gasteiger partial charge in [-0.25, -0.2) is 0 Å². The number of aliphatic hydroxyl groups is 1. The summed E-state index contributed by atoms with van der Waals surface area (Å²) >= 11 is 0. The average molecular weight is 538 g/mol. The number of ether oxygens (including phenoxy) is 1. The Morgan fingerprint density at radius 2 is 1.87 bits per heavy atom. The number of fused-ring (bicyclic) bond motifs is 1. The molecule has 3 fully saturated rings. The number of aliphatic hydroxyl groups excluding tert-OH is 1. The zero-order chi connectivity index (χ0) is 28.5. The van der Waals surface area contributed by atoms with Gasteiger partial charge < -0.3 is 24.5 Å². The minimum atomic E-state index is -1.18. The monoisotopic (exact) mass is 537 g/mol. The first-order chi connectivity index (χ1) is 18.6. The fourth-order valence-electron chi connectivity index (χ4n) is 7.19. The van der Waals surface area contributed by atoms with Crippen molar-refractivity contribution in [3.8, 4) is 0 Å². The van der Waals surface area contributed by atoms with Crippen molar-refractivity contribution in [2.24, 2.45) is 17.8 Å². The molecule has 4 rings (SSSR count). The predicted octanol–water partition coefficient (Wildman–Crippen LogP) is 3.19. The van der Waals surface area contributed by atoms with Crippen molar-refractivity contribution in [1.29, 1.82) is 0 Å². The van der Waals surface area contributed by atoms with Crippen LogP contribution in [0.2, 0.25) is 0 Å². The van der Waals surface area contributed by atoms with Crippen LogP contribution in [0.15, 0.2) is 55.6 Å². The van der Waals surface area contributed by atoms with E-state index in [0.717, 1.165) is 18.4 Å². The largest absolute Gasteiger partial charge is 0.394 e. The summed E-state index contributed by atoms with van der Waals surface area (Å²) in [7, 11) is 1.70. The molecule has 39 heavy (non-hydrogen) atoms. The second-order valence-electron chi connectivity index (χ2n) is 11.5. The molecular formula is C31H43N3O5. The van der Waals surface area contributed by atoms with Gasteiger partial charge in [-0.3, -0.25) is 14.4 Å². The molecule has 7 atom stereocenters. The molecule has 0 aliphatic carbocycles. The quantitative estimate of drug-likeness (QED) is 0.414. The maximum atomic E-state index is 14.6. The summed E-state index contributed by atoms with van der Waals surface area (Å²) in [6.07, 6.45) is 5.54. The number of benzene rings is 1. The Labute approximate surface area is 232 Å². The molecule has 3 unspecified atom stereocenters. The molecule has 1 aromatic carbocycles. The zero-order valence-electron chi connectivity index (χ0n) is 23.7. The minimum absolute atomic E-state index is 0.0596. The summed E-state index contributed by atoms with van der Waals surface area (Å²) in [5.74, 6) is -2.37. The summed E-state index contributed by atoms with van der Waals surface area (Å²) in [5, 5.41) is 10.6. The lowest BCUT2D eigenvalue weighted by Crippen LogP contribution is -2.57. The van der Waals surface area contributed by atoms with E-state index >= 15 is 0 Å². The van der Waals surface area contributed by atoms with Crippen LogP contribution in [-0.4, -0.2) is 88.1 Å². The Bertz CT molecular complexity index is 1110. The lowest BCUT2D eigenvalue weighted by molar-refractivity contribution is -0.157. The van der Waals surface area contributed by atoms with Gasteiger partial charge in [-0.15, -0.1) is 13.2 Å². The molecule has 3 amide bonds. The number of rotatable bonds is 12. The second-order valence-corrected chi connectivity index (χ2v) is 11.5. The van der Waals surface area contributed by atoms with Crippen molar-refractivity contribution in [3.05, 3.63) is 61.2 Å². The van der Waals surface area contributed by atoms with Crippen molar-refractivity contribution in [1.82, 2.24) is 14.7 Å². The van der Waals surface area contributed by atoms with Gasteiger partial charge in [0.15, 0.2) is 0 Å². The second kappa shape index (κ2) is 11.3. The van der Waals surface area contributed by atoms with Gasteiger partial charge in [0.1, 0.15) is 11.6 Å². The van der Waals surface area contributed by atoms with Crippen LogP contribution in [0.5, 0.6) is 0 Å². The Balaban J connectivity index is 1.88. The zero-order valence-corrected chi connectivity index (χ0v) is 23.7. The summed E-state index contributed by atoms with van der Waals surface area (Å²) in [6.45, 7) is 14.5. The van der Waals surface area contributed by atoms with Gasteiger partial charge in [-0.1, -0.05) is 62.8 Å². The Kier molecular flexibility index (Phi) is 8.38. The Hall–Kier alpha value is -2.97. The van der Waals surface area contributed by atoms with Gasteiger partial charge >= 0.3 is 0 Å². The number of hydrogen-bond acceptors (Lipinski definition) is 5. The highest BCUT2D eigenvalue weighted by Crippen LogP contribution is 2.66. The van der Waals surface area contributed by atoms with Gasteiger partial charge in [-0.05, 0) is 31.2 Å². The molecule has 0 radical (unpaired) electrons. The Morgan fingerprint density at radius 1 is 1.21 bits per heavy atom. The number of carbonyl (C=O) groups is 3. The highest BCUT2D eigenvalue weighted by Gasteiger charge is 2.80. The van der Waals surface area contributed by atoms with Crippen LogP contribution in [-0.2, 0) is 19.1 Å². The number of amides is 3. The predicted molar refractivity (Wildman–Crippen MR) is 149 cm³/mol. The van der Waals surface area contributed by atoms with Crippen LogP contribution >= 0.6 is 0 Å². The van der Waals surface area contributed by atoms with E-state index in [2.05, 4.69) is 20.1 Å². The normalized spacial score (nSPS) is 31.6.